The van der Waals surface area contributed by atoms with Gasteiger partial charge >= 0.3 is 6.03 Å². The van der Waals surface area contributed by atoms with Gasteiger partial charge in [-0.1, -0.05) is 23.7 Å². The molecule has 0 bridgehead atoms. The SMILES string of the molecule is O=C(NCc1ccc(Cl)nc1)c1ccsc1NC(=O)N1CCN(c2ccccn2)CC1. The zero-order valence-corrected chi connectivity index (χ0v) is 18.2. The van der Waals surface area contributed by atoms with E-state index < -0.39 is 0 Å². The molecule has 3 aromatic rings. The molecule has 1 saturated heterocycles. The number of anilines is 2. The average Bonchev–Trinajstić information content (AvgIpc) is 3.27. The van der Waals surface area contributed by atoms with Gasteiger partial charge in [-0.2, -0.15) is 0 Å². The van der Waals surface area contributed by atoms with Crippen LogP contribution in [0, 0.1) is 0 Å². The topological polar surface area (TPSA) is 90.5 Å². The Kier molecular flexibility index (Phi) is 6.63. The molecule has 8 nitrogen and oxygen atoms in total. The summed E-state index contributed by atoms with van der Waals surface area (Å²) in [4.78, 5) is 37.6. The van der Waals surface area contributed by atoms with Crippen LogP contribution in [0.1, 0.15) is 15.9 Å². The van der Waals surface area contributed by atoms with Crippen LogP contribution >= 0.6 is 22.9 Å². The number of rotatable bonds is 5. The fourth-order valence-corrected chi connectivity index (χ4v) is 4.12. The van der Waals surface area contributed by atoms with Gasteiger partial charge in [-0.3, -0.25) is 10.1 Å². The Morgan fingerprint density at radius 1 is 1.06 bits per heavy atom. The van der Waals surface area contributed by atoms with Crippen molar-refractivity contribution in [2.75, 3.05) is 36.4 Å². The minimum absolute atomic E-state index is 0.209. The number of aromatic nitrogens is 2. The first-order valence-electron chi connectivity index (χ1n) is 9.78. The molecule has 3 aromatic heterocycles. The lowest BCUT2D eigenvalue weighted by molar-refractivity contribution is 0.0952. The van der Waals surface area contributed by atoms with Gasteiger partial charge in [0.2, 0.25) is 0 Å². The molecule has 1 aliphatic heterocycles. The van der Waals surface area contributed by atoms with E-state index in [4.69, 9.17) is 11.6 Å². The van der Waals surface area contributed by atoms with Crippen LogP contribution in [0.15, 0.2) is 54.2 Å². The van der Waals surface area contributed by atoms with E-state index in [0.29, 0.717) is 48.4 Å². The standard InChI is InChI=1S/C21H21ClN6O2S/c22-17-5-4-15(13-24-17)14-25-19(29)16-6-12-31-20(16)26-21(30)28-10-8-27(9-11-28)18-3-1-2-7-23-18/h1-7,12-13H,8-11,14H2,(H,25,29)(H,26,30). The third-order valence-corrected chi connectivity index (χ3v) is 5.97. The van der Waals surface area contributed by atoms with Crippen molar-refractivity contribution in [2.24, 2.45) is 0 Å². The predicted molar refractivity (Wildman–Crippen MR) is 122 cm³/mol. The second kappa shape index (κ2) is 9.76. The highest BCUT2D eigenvalue weighted by Crippen LogP contribution is 2.24. The number of carbonyl (C=O) groups excluding carboxylic acids is 2. The van der Waals surface area contributed by atoms with E-state index in [1.807, 2.05) is 18.2 Å². The molecule has 2 N–H and O–H groups in total. The first-order valence-corrected chi connectivity index (χ1v) is 11.0. The van der Waals surface area contributed by atoms with E-state index in [9.17, 15) is 9.59 Å². The number of hydrogen-bond acceptors (Lipinski definition) is 6. The normalized spacial score (nSPS) is 13.7. The second-order valence-corrected chi connectivity index (χ2v) is 8.23. The van der Waals surface area contributed by atoms with E-state index >= 15 is 0 Å². The van der Waals surface area contributed by atoms with E-state index in [0.717, 1.165) is 11.4 Å². The number of pyridine rings is 2. The quantitative estimate of drug-likeness (QED) is 0.573. The van der Waals surface area contributed by atoms with Crippen molar-refractivity contribution >= 4 is 45.7 Å². The maximum atomic E-state index is 12.7. The zero-order chi connectivity index (χ0) is 21.6. The average molecular weight is 457 g/mol. The fourth-order valence-electron chi connectivity index (χ4n) is 3.23. The van der Waals surface area contributed by atoms with Crippen LogP contribution in [0.25, 0.3) is 0 Å². The highest BCUT2D eigenvalue weighted by Gasteiger charge is 2.23. The highest BCUT2D eigenvalue weighted by atomic mass is 35.5. The molecule has 160 valence electrons. The Morgan fingerprint density at radius 2 is 1.90 bits per heavy atom. The van der Waals surface area contributed by atoms with Gasteiger partial charge in [-0.15, -0.1) is 11.3 Å². The number of nitrogens with zero attached hydrogens (tertiary/aromatic N) is 4. The first kappa shape index (κ1) is 21.1. The number of amides is 3. The summed E-state index contributed by atoms with van der Waals surface area (Å²) in [6, 6.07) is 10.8. The molecular weight excluding hydrogens is 436 g/mol. The van der Waals surface area contributed by atoms with Crippen molar-refractivity contribution in [3.63, 3.8) is 0 Å². The smallest absolute Gasteiger partial charge is 0.322 e. The molecule has 4 heterocycles. The van der Waals surface area contributed by atoms with Gasteiger partial charge in [0.25, 0.3) is 5.91 Å². The Labute approximate surface area is 188 Å². The van der Waals surface area contributed by atoms with Gasteiger partial charge in [-0.05, 0) is 35.2 Å². The highest BCUT2D eigenvalue weighted by molar-refractivity contribution is 7.14. The molecule has 1 aliphatic rings. The summed E-state index contributed by atoms with van der Waals surface area (Å²) in [5.74, 6) is 0.655. The zero-order valence-electron chi connectivity index (χ0n) is 16.6. The lowest BCUT2D eigenvalue weighted by atomic mass is 10.2. The molecule has 0 aliphatic carbocycles. The summed E-state index contributed by atoms with van der Waals surface area (Å²) in [7, 11) is 0. The van der Waals surface area contributed by atoms with Crippen molar-refractivity contribution in [1.29, 1.82) is 0 Å². The molecule has 0 radical (unpaired) electrons. The van der Waals surface area contributed by atoms with Crippen LogP contribution in [-0.2, 0) is 6.54 Å². The number of urea groups is 1. The summed E-state index contributed by atoms with van der Waals surface area (Å²) < 4.78 is 0. The minimum Gasteiger partial charge on any atom is -0.353 e. The molecule has 3 amide bonds. The summed E-state index contributed by atoms with van der Waals surface area (Å²) >= 11 is 7.10. The van der Waals surface area contributed by atoms with Gasteiger partial charge in [0.1, 0.15) is 16.0 Å². The summed E-state index contributed by atoms with van der Waals surface area (Å²) in [6.07, 6.45) is 3.38. The van der Waals surface area contributed by atoms with Crippen molar-refractivity contribution < 1.29 is 9.59 Å². The molecule has 4 rings (SSSR count). The number of carbonyl (C=O) groups is 2. The Balaban J connectivity index is 1.31. The van der Waals surface area contributed by atoms with Crippen LogP contribution in [0.5, 0.6) is 0 Å². The molecule has 0 unspecified atom stereocenters. The van der Waals surface area contributed by atoms with Crippen LogP contribution < -0.4 is 15.5 Å². The van der Waals surface area contributed by atoms with Crippen molar-refractivity contribution in [3.05, 3.63) is 70.5 Å². The number of thiophene rings is 1. The van der Waals surface area contributed by atoms with Crippen LogP contribution in [0.2, 0.25) is 5.15 Å². The lowest BCUT2D eigenvalue weighted by Crippen LogP contribution is -2.50. The Bertz CT molecular complexity index is 1040. The predicted octanol–water partition coefficient (Wildman–Crippen LogP) is 3.48. The van der Waals surface area contributed by atoms with E-state index in [1.165, 1.54) is 11.3 Å². The maximum Gasteiger partial charge on any atom is 0.322 e. The third kappa shape index (κ3) is 5.31. The number of hydrogen-bond donors (Lipinski definition) is 2. The molecule has 10 heteroatoms. The van der Waals surface area contributed by atoms with Gasteiger partial charge in [0.05, 0.1) is 5.56 Å². The minimum atomic E-state index is -0.258. The summed E-state index contributed by atoms with van der Waals surface area (Å²) in [5.41, 5.74) is 1.27. The molecule has 0 atom stereocenters. The van der Waals surface area contributed by atoms with Gasteiger partial charge in [-0.25, -0.2) is 14.8 Å². The van der Waals surface area contributed by atoms with E-state index in [2.05, 4.69) is 25.5 Å². The molecule has 0 saturated carbocycles. The second-order valence-electron chi connectivity index (χ2n) is 6.93. The van der Waals surface area contributed by atoms with Gasteiger partial charge in [0, 0.05) is 45.1 Å². The number of halogens is 1. The number of piperazine rings is 1. The van der Waals surface area contributed by atoms with Crippen LogP contribution in [0.4, 0.5) is 15.6 Å². The van der Waals surface area contributed by atoms with Crippen molar-refractivity contribution in [1.82, 2.24) is 20.2 Å². The summed E-state index contributed by atoms with van der Waals surface area (Å²) in [6.45, 7) is 2.90. The van der Waals surface area contributed by atoms with Gasteiger partial charge in [0.15, 0.2) is 0 Å². The molecule has 0 aromatic carbocycles. The van der Waals surface area contributed by atoms with Crippen molar-refractivity contribution in [2.45, 2.75) is 6.54 Å². The monoisotopic (exact) mass is 456 g/mol. The fraction of sp³-hybridized carbons (Fsp3) is 0.238. The summed E-state index contributed by atoms with van der Waals surface area (Å²) in [5, 5.41) is 8.44. The largest absolute Gasteiger partial charge is 0.353 e. The van der Waals surface area contributed by atoms with Crippen LogP contribution in [-0.4, -0.2) is 53.0 Å². The molecular formula is C21H21ClN6O2S. The molecule has 1 fully saturated rings. The van der Waals surface area contributed by atoms with Gasteiger partial charge < -0.3 is 15.1 Å². The van der Waals surface area contributed by atoms with Crippen LogP contribution in [0.3, 0.4) is 0 Å². The van der Waals surface area contributed by atoms with E-state index in [1.54, 1.807) is 40.9 Å². The third-order valence-electron chi connectivity index (χ3n) is 4.91. The number of nitrogens with one attached hydrogen (secondary N) is 2. The Morgan fingerprint density at radius 3 is 2.61 bits per heavy atom. The maximum absolute atomic E-state index is 12.7. The lowest BCUT2D eigenvalue weighted by Gasteiger charge is -2.35. The first-order chi connectivity index (χ1) is 15.1. The Hall–Kier alpha value is -3.17. The molecule has 31 heavy (non-hydrogen) atoms. The van der Waals surface area contributed by atoms with E-state index in [-0.39, 0.29) is 11.9 Å². The van der Waals surface area contributed by atoms with Crippen molar-refractivity contribution in [3.8, 4) is 0 Å². The molecule has 0 spiro atoms.